The number of anilines is 1. The standard InChI is InChI=1S/C27H29ClN4O/c1-21(30-15-17-31(18-16-30)25-13-7-6-12-24(25)28)19-32(22-9-3-2-4-10-22)20-29-27(33)23-11-5-8-14-26(23)32/h2-14,21H,15-20H2,1H3/p+1. The van der Waals surface area contributed by atoms with Gasteiger partial charge in [0.15, 0.2) is 12.4 Å². The van der Waals surface area contributed by atoms with Gasteiger partial charge in [0, 0.05) is 32.2 Å². The van der Waals surface area contributed by atoms with Crippen molar-refractivity contribution in [2.75, 3.05) is 44.3 Å². The number of amides is 1. The number of fused-ring (bicyclic) bond motifs is 1. The van der Waals surface area contributed by atoms with Gasteiger partial charge in [-0.1, -0.05) is 54.1 Å². The summed E-state index contributed by atoms with van der Waals surface area (Å²) in [5, 5.41) is 3.98. The molecule has 3 aromatic carbocycles. The second-order valence-corrected chi connectivity index (χ2v) is 9.40. The van der Waals surface area contributed by atoms with Crippen molar-refractivity contribution in [2.24, 2.45) is 0 Å². The molecule has 2 atom stereocenters. The van der Waals surface area contributed by atoms with Crippen molar-refractivity contribution in [1.29, 1.82) is 0 Å². The number of halogens is 1. The number of quaternary nitrogens is 1. The van der Waals surface area contributed by atoms with Crippen LogP contribution in [0.5, 0.6) is 0 Å². The summed E-state index contributed by atoms with van der Waals surface area (Å²) in [6, 6.07) is 27.0. The largest absolute Gasteiger partial charge is 0.368 e. The zero-order chi connectivity index (χ0) is 22.8. The summed E-state index contributed by atoms with van der Waals surface area (Å²) < 4.78 is 0.620. The molecule has 0 aliphatic carbocycles. The average molecular weight is 462 g/mol. The first-order valence-corrected chi connectivity index (χ1v) is 12.0. The van der Waals surface area contributed by atoms with Gasteiger partial charge in [-0.3, -0.25) is 9.69 Å². The fraction of sp³-hybridized carbons (Fsp3) is 0.296. The van der Waals surface area contributed by atoms with Crippen molar-refractivity contribution < 1.29 is 4.79 Å². The summed E-state index contributed by atoms with van der Waals surface area (Å²) >= 11 is 6.44. The number of nitrogens with one attached hydrogen (secondary N) is 1. The van der Waals surface area contributed by atoms with E-state index >= 15 is 0 Å². The Balaban J connectivity index is 1.40. The SMILES string of the molecule is CC(C[N+]1(c2ccccc2)CNC(=O)c2ccccc21)N1CCN(c2ccccc2Cl)CC1. The lowest BCUT2D eigenvalue weighted by Crippen LogP contribution is -2.61. The Labute approximate surface area is 200 Å². The van der Waals surface area contributed by atoms with E-state index in [9.17, 15) is 4.79 Å². The number of benzene rings is 3. The zero-order valence-electron chi connectivity index (χ0n) is 19.0. The fourth-order valence-corrected chi connectivity index (χ4v) is 5.57. The van der Waals surface area contributed by atoms with Crippen LogP contribution in [0.1, 0.15) is 17.3 Å². The molecule has 2 heterocycles. The van der Waals surface area contributed by atoms with Crippen LogP contribution >= 0.6 is 11.6 Å². The van der Waals surface area contributed by atoms with Crippen molar-refractivity contribution in [3.63, 3.8) is 0 Å². The Morgan fingerprint density at radius 3 is 2.33 bits per heavy atom. The van der Waals surface area contributed by atoms with E-state index in [4.69, 9.17) is 11.6 Å². The Morgan fingerprint density at radius 1 is 0.909 bits per heavy atom. The number of carbonyl (C=O) groups is 1. The monoisotopic (exact) mass is 461 g/mol. The molecule has 170 valence electrons. The minimum Gasteiger partial charge on any atom is -0.368 e. The number of piperazine rings is 1. The van der Waals surface area contributed by atoms with Crippen molar-refractivity contribution >= 4 is 34.6 Å². The van der Waals surface area contributed by atoms with E-state index in [1.807, 2.05) is 42.5 Å². The van der Waals surface area contributed by atoms with Gasteiger partial charge >= 0.3 is 0 Å². The highest BCUT2D eigenvalue weighted by Crippen LogP contribution is 2.39. The first-order valence-electron chi connectivity index (χ1n) is 11.6. The van der Waals surface area contributed by atoms with E-state index < -0.39 is 0 Å². The Hall–Kier alpha value is -2.86. The van der Waals surface area contributed by atoms with Crippen molar-refractivity contribution in [3.05, 3.63) is 89.4 Å². The lowest BCUT2D eigenvalue weighted by Gasteiger charge is -2.46. The first kappa shape index (κ1) is 22.0. The van der Waals surface area contributed by atoms with Crippen LogP contribution in [0.25, 0.3) is 0 Å². The Bertz CT molecular complexity index is 1130. The quantitative estimate of drug-likeness (QED) is 0.549. The molecule has 3 aromatic rings. The number of rotatable bonds is 5. The molecule has 1 saturated heterocycles. The van der Waals surface area contributed by atoms with Gasteiger partial charge in [0.25, 0.3) is 5.91 Å². The van der Waals surface area contributed by atoms with E-state index in [0.29, 0.717) is 17.2 Å². The predicted octanol–water partition coefficient (Wildman–Crippen LogP) is 4.89. The second-order valence-electron chi connectivity index (χ2n) is 8.99. The van der Waals surface area contributed by atoms with Crippen molar-refractivity contribution in [3.8, 4) is 0 Å². The maximum absolute atomic E-state index is 12.6. The van der Waals surface area contributed by atoms with Crippen LogP contribution in [0, 0.1) is 0 Å². The third-order valence-electron chi connectivity index (χ3n) is 7.08. The van der Waals surface area contributed by atoms with Gasteiger partial charge in [0.1, 0.15) is 17.8 Å². The normalized spacial score (nSPS) is 21.9. The van der Waals surface area contributed by atoms with Gasteiger partial charge in [-0.15, -0.1) is 0 Å². The maximum atomic E-state index is 12.6. The van der Waals surface area contributed by atoms with Crippen LogP contribution in [-0.2, 0) is 0 Å². The molecule has 6 heteroatoms. The topological polar surface area (TPSA) is 35.6 Å². The number of nitrogens with zero attached hydrogens (tertiary/aromatic N) is 3. The Kier molecular flexibility index (Phi) is 6.11. The molecule has 5 rings (SSSR count). The highest BCUT2D eigenvalue weighted by Gasteiger charge is 2.43. The van der Waals surface area contributed by atoms with Crippen molar-refractivity contribution in [2.45, 2.75) is 13.0 Å². The van der Waals surface area contributed by atoms with Crippen LogP contribution < -0.4 is 14.7 Å². The third-order valence-corrected chi connectivity index (χ3v) is 7.40. The van der Waals surface area contributed by atoms with Crippen molar-refractivity contribution in [1.82, 2.24) is 14.7 Å². The summed E-state index contributed by atoms with van der Waals surface area (Å²) in [6.07, 6.45) is 0. The molecular formula is C27H30ClN4O+. The van der Waals surface area contributed by atoms with Crippen LogP contribution in [0.3, 0.4) is 0 Å². The minimum atomic E-state index is 0.0105. The fourth-order valence-electron chi connectivity index (χ4n) is 5.32. The average Bonchev–Trinajstić information content (AvgIpc) is 2.87. The van der Waals surface area contributed by atoms with E-state index in [-0.39, 0.29) is 5.91 Å². The molecule has 0 bridgehead atoms. The van der Waals surface area contributed by atoms with E-state index in [0.717, 1.165) is 54.7 Å². The molecule has 2 unspecified atom stereocenters. The van der Waals surface area contributed by atoms with E-state index in [1.54, 1.807) is 0 Å². The predicted molar refractivity (Wildman–Crippen MR) is 136 cm³/mol. The molecule has 33 heavy (non-hydrogen) atoms. The molecule has 1 amide bonds. The summed E-state index contributed by atoms with van der Waals surface area (Å²) in [4.78, 5) is 17.6. The van der Waals surface area contributed by atoms with E-state index in [1.165, 1.54) is 5.69 Å². The van der Waals surface area contributed by atoms with Crippen LogP contribution in [0.4, 0.5) is 17.1 Å². The van der Waals surface area contributed by atoms with Crippen LogP contribution in [0.2, 0.25) is 5.02 Å². The summed E-state index contributed by atoms with van der Waals surface area (Å²) in [6.45, 7) is 7.62. The number of para-hydroxylation sites is 3. The summed E-state index contributed by atoms with van der Waals surface area (Å²) in [7, 11) is 0. The molecule has 0 radical (unpaired) electrons. The highest BCUT2D eigenvalue weighted by molar-refractivity contribution is 6.33. The van der Waals surface area contributed by atoms with Gasteiger partial charge in [-0.2, -0.15) is 0 Å². The zero-order valence-corrected chi connectivity index (χ0v) is 19.7. The molecule has 1 fully saturated rings. The molecule has 0 spiro atoms. The number of carbonyl (C=O) groups excluding carboxylic acids is 1. The van der Waals surface area contributed by atoms with Gasteiger partial charge < -0.3 is 10.2 Å². The number of hydrogen-bond donors (Lipinski definition) is 1. The summed E-state index contributed by atoms with van der Waals surface area (Å²) in [5.41, 5.74) is 4.16. The highest BCUT2D eigenvalue weighted by atomic mass is 35.5. The molecule has 5 nitrogen and oxygen atoms in total. The third kappa shape index (κ3) is 4.12. The van der Waals surface area contributed by atoms with Crippen LogP contribution in [0.15, 0.2) is 78.9 Å². The maximum Gasteiger partial charge on any atom is 0.261 e. The first-order chi connectivity index (χ1) is 16.1. The smallest absolute Gasteiger partial charge is 0.261 e. The lowest BCUT2D eigenvalue weighted by atomic mass is 10.0. The molecule has 0 saturated carbocycles. The molecule has 1 N–H and O–H groups in total. The Morgan fingerprint density at radius 2 is 1.58 bits per heavy atom. The molecule has 2 aliphatic rings. The number of hydrogen-bond acceptors (Lipinski definition) is 3. The van der Waals surface area contributed by atoms with Crippen LogP contribution in [-0.4, -0.2) is 56.2 Å². The van der Waals surface area contributed by atoms with Gasteiger partial charge in [0.05, 0.1) is 16.8 Å². The van der Waals surface area contributed by atoms with Gasteiger partial charge in [-0.05, 0) is 37.3 Å². The van der Waals surface area contributed by atoms with E-state index in [2.05, 4.69) is 58.4 Å². The van der Waals surface area contributed by atoms with Gasteiger partial charge in [-0.25, -0.2) is 4.48 Å². The van der Waals surface area contributed by atoms with Gasteiger partial charge in [0.2, 0.25) is 0 Å². The summed E-state index contributed by atoms with van der Waals surface area (Å²) in [5.74, 6) is 0.0105. The molecule has 0 aromatic heterocycles. The lowest BCUT2D eigenvalue weighted by molar-refractivity contribution is 0.0900. The molecular weight excluding hydrogens is 432 g/mol. The second kappa shape index (κ2) is 9.18. The minimum absolute atomic E-state index is 0.0105. The molecule has 2 aliphatic heterocycles.